The van der Waals surface area contributed by atoms with E-state index >= 15 is 0 Å². The van der Waals surface area contributed by atoms with Crippen molar-refractivity contribution in [3.05, 3.63) is 47.5 Å². The fourth-order valence-electron chi connectivity index (χ4n) is 1.54. The van der Waals surface area contributed by atoms with Crippen LogP contribution in [0.3, 0.4) is 0 Å². The zero-order chi connectivity index (χ0) is 13.0. The number of nitrogens with one attached hydrogen (secondary N) is 2. The van der Waals surface area contributed by atoms with Gasteiger partial charge in [-0.3, -0.25) is 9.89 Å². The Labute approximate surface area is 103 Å². The van der Waals surface area contributed by atoms with E-state index in [9.17, 15) is 9.18 Å². The number of ether oxygens (including phenoxy) is 1. The molecule has 18 heavy (non-hydrogen) atoms. The number of aromatic amines is 1. The largest absolute Gasteiger partial charge is 0.496 e. The Morgan fingerprint density at radius 3 is 3.06 bits per heavy atom. The molecule has 0 saturated heterocycles. The Morgan fingerprint density at radius 1 is 1.56 bits per heavy atom. The number of hydrogen-bond donors (Lipinski definition) is 2. The van der Waals surface area contributed by atoms with E-state index in [0.29, 0.717) is 16.9 Å². The van der Waals surface area contributed by atoms with Crippen LogP contribution in [0.25, 0.3) is 0 Å². The van der Waals surface area contributed by atoms with Crippen molar-refractivity contribution in [1.29, 1.82) is 0 Å². The lowest BCUT2D eigenvalue weighted by molar-refractivity contribution is 0.0950. The van der Waals surface area contributed by atoms with Gasteiger partial charge in [0.05, 0.1) is 18.9 Å². The van der Waals surface area contributed by atoms with E-state index in [1.807, 2.05) is 0 Å². The van der Waals surface area contributed by atoms with Gasteiger partial charge in [0, 0.05) is 18.3 Å². The molecule has 2 aromatic rings. The Morgan fingerprint density at radius 2 is 2.39 bits per heavy atom. The fourth-order valence-corrected chi connectivity index (χ4v) is 1.54. The monoisotopic (exact) mass is 249 g/mol. The quantitative estimate of drug-likeness (QED) is 0.862. The van der Waals surface area contributed by atoms with Crippen molar-refractivity contribution < 1.29 is 13.9 Å². The number of amides is 1. The molecular formula is C12H12FN3O2. The van der Waals surface area contributed by atoms with Gasteiger partial charge in [-0.2, -0.15) is 5.10 Å². The molecule has 0 aliphatic heterocycles. The Bertz CT molecular complexity index is 540. The van der Waals surface area contributed by atoms with Gasteiger partial charge in [0.2, 0.25) is 0 Å². The van der Waals surface area contributed by atoms with Gasteiger partial charge >= 0.3 is 0 Å². The minimum Gasteiger partial charge on any atom is -0.496 e. The van der Waals surface area contributed by atoms with Gasteiger partial charge in [-0.1, -0.05) is 0 Å². The van der Waals surface area contributed by atoms with E-state index in [4.69, 9.17) is 4.74 Å². The minimum atomic E-state index is -0.372. The predicted octanol–water partition coefficient (Wildman–Crippen LogP) is 1.49. The van der Waals surface area contributed by atoms with E-state index in [-0.39, 0.29) is 18.3 Å². The second-order valence-electron chi connectivity index (χ2n) is 3.63. The SMILES string of the molecule is COc1ccc(F)cc1CNC(=O)c1cn[nH]c1. The third-order valence-electron chi connectivity index (χ3n) is 2.44. The number of carbonyl (C=O) groups is 1. The summed E-state index contributed by atoms with van der Waals surface area (Å²) in [6.07, 6.45) is 2.90. The van der Waals surface area contributed by atoms with Crippen molar-refractivity contribution in [1.82, 2.24) is 15.5 Å². The fraction of sp³-hybridized carbons (Fsp3) is 0.167. The molecule has 1 aromatic carbocycles. The highest BCUT2D eigenvalue weighted by Gasteiger charge is 2.09. The molecule has 2 rings (SSSR count). The summed E-state index contributed by atoms with van der Waals surface area (Å²) in [5, 5.41) is 8.88. The third kappa shape index (κ3) is 2.65. The lowest BCUT2D eigenvalue weighted by Crippen LogP contribution is -2.22. The van der Waals surface area contributed by atoms with E-state index in [1.54, 1.807) is 0 Å². The number of hydrogen-bond acceptors (Lipinski definition) is 3. The normalized spacial score (nSPS) is 10.1. The summed E-state index contributed by atoms with van der Waals surface area (Å²) in [7, 11) is 1.49. The first-order valence-corrected chi connectivity index (χ1v) is 5.30. The molecule has 6 heteroatoms. The molecule has 0 aliphatic rings. The second kappa shape index (κ2) is 5.31. The number of H-pyrrole nitrogens is 1. The van der Waals surface area contributed by atoms with Gasteiger partial charge in [-0.05, 0) is 18.2 Å². The van der Waals surface area contributed by atoms with Crippen LogP contribution in [0.1, 0.15) is 15.9 Å². The van der Waals surface area contributed by atoms with Crippen molar-refractivity contribution >= 4 is 5.91 Å². The van der Waals surface area contributed by atoms with Gasteiger partial charge < -0.3 is 10.1 Å². The summed E-state index contributed by atoms with van der Waals surface area (Å²) >= 11 is 0. The summed E-state index contributed by atoms with van der Waals surface area (Å²) in [6, 6.07) is 4.16. The molecule has 1 aromatic heterocycles. The van der Waals surface area contributed by atoms with Gasteiger partial charge in [-0.25, -0.2) is 4.39 Å². The molecule has 0 atom stereocenters. The summed E-state index contributed by atoms with van der Waals surface area (Å²) in [5.74, 6) is -0.123. The van der Waals surface area contributed by atoms with Crippen molar-refractivity contribution in [3.8, 4) is 5.75 Å². The van der Waals surface area contributed by atoms with Crippen molar-refractivity contribution in [2.75, 3.05) is 7.11 Å². The van der Waals surface area contributed by atoms with E-state index in [2.05, 4.69) is 15.5 Å². The van der Waals surface area contributed by atoms with Gasteiger partial charge in [-0.15, -0.1) is 0 Å². The molecule has 0 radical (unpaired) electrons. The maximum atomic E-state index is 13.1. The molecule has 94 valence electrons. The zero-order valence-corrected chi connectivity index (χ0v) is 9.74. The smallest absolute Gasteiger partial charge is 0.254 e. The zero-order valence-electron chi connectivity index (χ0n) is 9.74. The number of rotatable bonds is 4. The van der Waals surface area contributed by atoms with Crippen LogP contribution in [0.2, 0.25) is 0 Å². The summed E-state index contributed by atoms with van der Waals surface area (Å²) in [6.45, 7) is 0.185. The lowest BCUT2D eigenvalue weighted by atomic mass is 10.2. The molecule has 0 bridgehead atoms. The molecule has 5 nitrogen and oxygen atoms in total. The summed E-state index contributed by atoms with van der Waals surface area (Å²) in [5.41, 5.74) is 1.000. The molecule has 0 unspecified atom stereocenters. The van der Waals surface area contributed by atoms with Gasteiger partial charge in [0.25, 0.3) is 5.91 Å². The Balaban J connectivity index is 2.06. The number of aromatic nitrogens is 2. The summed E-state index contributed by atoms with van der Waals surface area (Å²) in [4.78, 5) is 11.7. The number of carbonyl (C=O) groups excluding carboxylic acids is 1. The molecule has 0 fully saturated rings. The van der Waals surface area contributed by atoms with Crippen LogP contribution in [-0.4, -0.2) is 23.2 Å². The number of methoxy groups -OCH3 is 1. The maximum Gasteiger partial charge on any atom is 0.254 e. The van der Waals surface area contributed by atoms with Crippen LogP contribution in [-0.2, 0) is 6.54 Å². The topological polar surface area (TPSA) is 67.0 Å². The standard InChI is InChI=1S/C12H12FN3O2/c1-18-11-3-2-10(13)4-8(11)5-14-12(17)9-6-15-16-7-9/h2-4,6-7H,5H2,1H3,(H,14,17)(H,15,16). The molecule has 0 aliphatic carbocycles. The van der Waals surface area contributed by atoms with Crippen molar-refractivity contribution in [2.45, 2.75) is 6.54 Å². The number of nitrogens with zero attached hydrogens (tertiary/aromatic N) is 1. The molecule has 2 N–H and O–H groups in total. The van der Waals surface area contributed by atoms with E-state index in [1.165, 1.54) is 37.7 Å². The molecule has 1 amide bonds. The molecule has 0 spiro atoms. The van der Waals surface area contributed by atoms with Crippen LogP contribution in [0, 0.1) is 5.82 Å². The van der Waals surface area contributed by atoms with Crippen LogP contribution in [0.15, 0.2) is 30.6 Å². The van der Waals surface area contributed by atoms with E-state index in [0.717, 1.165) is 0 Å². The van der Waals surface area contributed by atoms with Crippen LogP contribution < -0.4 is 10.1 Å². The highest BCUT2D eigenvalue weighted by molar-refractivity contribution is 5.93. The first kappa shape index (κ1) is 12.1. The minimum absolute atomic E-state index is 0.185. The first-order valence-electron chi connectivity index (χ1n) is 5.30. The lowest BCUT2D eigenvalue weighted by Gasteiger charge is -2.09. The highest BCUT2D eigenvalue weighted by atomic mass is 19.1. The number of benzene rings is 1. The van der Waals surface area contributed by atoms with Crippen LogP contribution >= 0.6 is 0 Å². The predicted molar refractivity (Wildman–Crippen MR) is 62.7 cm³/mol. The van der Waals surface area contributed by atoms with Crippen molar-refractivity contribution in [3.63, 3.8) is 0 Å². The second-order valence-corrected chi connectivity index (χ2v) is 3.63. The molecule has 0 saturated carbocycles. The molecule has 1 heterocycles. The van der Waals surface area contributed by atoms with Crippen LogP contribution in [0.4, 0.5) is 4.39 Å². The average Bonchev–Trinajstić information content (AvgIpc) is 2.90. The van der Waals surface area contributed by atoms with Crippen LogP contribution in [0.5, 0.6) is 5.75 Å². The van der Waals surface area contributed by atoms with Crippen molar-refractivity contribution in [2.24, 2.45) is 0 Å². The number of halogens is 1. The highest BCUT2D eigenvalue weighted by Crippen LogP contribution is 2.19. The maximum absolute atomic E-state index is 13.1. The average molecular weight is 249 g/mol. The summed E-state index contributed by atoms with van der Waals surface area (Å²) < 4.78 is 18.2. The molecular weight excluding hydrogens is 237 g/mol. The first-order chi connectivity index (χ1) is 8.70. The Kier molecular flexibility index (Phi) is 3.57. The van der Waals surface area contributed by atoms with Gasteiger partial charge in [0.1, 0.15) is 11.6 Å². The van der Waals surface area contributed by atoms with Gasteiger partial charge in [0.15, 0.2) is 0 Å². The van der Waals surface area contributed by atoms with E-state index < -0.39 is 0 Å². The third-order valence-corrected chi connectivity index (χ3v) is 2.44. The Hall–Kier alpha value is -2.37.